The number of carboxylic acid groups (broad SMARTS) is 1. The second-order valence-electron chi connectivity index (χ2n) is 9.36. The standard InChI is InChI=1S/C27H35NO5/c1-28(22-9-3-4-10-22)27(31)32-18-21-7-2-5-12-25(21)19-13-15-23(16-14-19)33-24-11-6-8-20(17-24)26(29)30/h2,5,7,12-16,20,22,24,27,31H,3-4,6,8-11,17-18H2,1H3,(H,29,30)/t20-,24-,27?/m0/s1. The maximum absolute atomic E-state index is 11.3. The van der Waals surface area contributed by atoms with Crippen molar-refractivity contribution in [3.05, 3.63) is 54.1 Å². The summed E-state index contributed by atoms with van der Waals surface area (Å²) in [6.07, 6.45) is 6.76. The molecule has 2 saturated carbocycles. The fourth-order valence-electron chi connectivity index (χ4n) is 5.08. The number of hydrogen-bond donors (Lipinski definition) is 2. The molecule has 0 heterocycles. The van der Waals surface area contributed by atoms with Gasteiger partial charge in [-0.05, 0) is 74.4 Å². The van der Waals surface area contributed by atoms with Crippen molar-refractivity contribution in [1.29, 1.82) is 0 Å². The first kappa shape index (κ1) is 23.7. The Kier molecular flexibility index (Phi) is 8.02. The smallest absolute Gasteiger partial charge is 0.306 e. The van der Waals surface area contributed by atoms with E-state index in [1.54, 1.807) is 0 Å². The molecule has 4 rings (SSSR count). The molecule has 2 N–H and O–H groups in total. The third-order valence-electron chi connectivity index (χ3n) is 7.10. The first-order chi connectivity index (χ1) is 16.0. The van der Waals surface area contributed by atoms with Crippen molar-refractivity contribution in [2.75, 3.05) is 7.05 Å². The number of aliphatic carboxylic acids is 1. The van der Waals surface area contributed by atoms with Crippen molar-refractivity contribution in [3.63, 3.8) is 0 Å². The predicted molar refractivity (Wildman–Crippen MR) is 127 cm³/mol. The molecule has 2 aromatic rings. The van der Waals surface area contributed by atoms with Crippen LogP contribution in [0, 0.1) is 5.92 Å². The number of nitrogens with zero attached hydrogens (tertiary/aromatic N) is 1. The topological polar surface area (TPSA) is 79.2 Å². The minimum absolute atomic E-state index is 0.0512. The highest BCUT2D eigenvalue weighted by atomic mass is 16.6. The second-order valence-corrected chi connectivity index (χ2v) is 9.36. The van der Waals surface area contributed by atoms with E-state index < -0.39 is 12.4 Å². The summed E-state index contributed by atoms with van der Waals surface area (Å²) >= 11 is 0. The van der Waals surface area contributed by atoms with Gasteiger partial charge in [0.25, 0.3) is 0 Å². The van der Waals surface area contributed by atoms with Gasteiger partial charge in [0.1, 0.15) is 5.75 Å². The van der Waals surface area contributed by atoms with Crippen LogP contribution in [0.3, 0.4) is 0 Å². The molecule has 2 fully saturated rings. The minimum atomic E-state index is -0.915. The lowest BCUT2D eigenvalue weighted by Gasteiger charge is -2.29. The number of hydrogen-bond acceptors (Lipinski definition) is 5. The van der Waals surface area contributed by atoms with E-state index in [0.717, 1.165) is 54.5 Å². The van der Waals surface area contributed by atoms with Crippen LogP contribution < -0.4 is 4.74 Å². The van der Waals surface area contributed by atoms with Crippen LogP contribution in [0.4, 0.5) is 0 Å². The number of aliphatic hydroxyl groups is 1. The quantitative estimate of drug-likeness (QED) is 0.518. The summed E-state index contributed by atoms with van der Waals surface area (Å²) in [4.78, 5) is 13.2. The van der Waals surface area contributed by atoms with Gasteiger partial charge in [-0.15, -0.1) is 0 Å². The Morgan fingerprint density at radius 2 is 1.76 bits per heavy atom. The zero-order valence-electron chi connectivity index (χ0n) is 19.4. The Bertz CT molecular complexity index is 909. The minimum Gasteiger partial charge on any atom is -0.490 e. The lowest BCUT2D eigenvalue weighted by Crippen LogP contribution is -2.40. The SMILES string of the molecule is CN(C1CCCC1)C(O)OCc1ccccc1-c1ccc(O[C@H]2CCC[C@H](C(=O)O)C2)cc1. The van der Waals surface area contributed by atoms with Gasteiger partial charge in [0.05, 0.1) is 18.6 Å². The molecule has 0 aliphatic heterocycles. The zero-order valence-corrected chi connectivity index (χ0v) is 19.4. The largest absolute Gasteiger partial charge is 0.490 e. The summed E-state index contributed by atoms with van der Waals surface area (Å²) in [7, 11) is 1.93. The van der Waals surface area contributed by atoms with Crippen LogP contribution in [-0.2, 0) is 16.1 Å². The summed E-state index contributed by atoms with van der Waals surface area (Å²) < 4.78 is 11.9. The summed E-state index contributed by atoms with van der Waals surface area (Å²) in [5.74, 6) is -0.271. The monoisotopic (exact) mass is 453 g/mol. The molecular weight excluding hydrogens is 418 g/mol. The fraction of sp³-hybridized carbons (Fsp3) is 0.519. The van der Waals surface area contributed by atoms with Gasteiger partial charge in [-0.1, -0.05) is 49.2 Å². The number of carbonyl (C=O) groups is 1. The normalized spacial score (nSPS) is 22.4. The van der Waals surface area contributed by atoms with E-state index in [1.165, 1.54) is 12.8 Å². The summed E-state index contributed by atoms with van der Waals surface area (Å²) in [6, 6.07) is 16.4. The molecule has 2 aromatic carbocycles. The molecule has 2 aliphatic rings. The van der Waals surface area contributed by atoms with Gasteiger partial charge >= 0.3 is 5.97 Å². The molecule has 0 saturated heterocycles. The predicted octanol–water partition coefficient (Wildman–Crippen LogP) is 5.04. The maximum Gasteiger partial charge on any atom is 0.306 e. The van der Waals surface area contributed by atoms with Crippen LogP contribution in [-0.4, -0.2) is 46.7 Å². The van der Waals surface area contributed by atoms with Gasteiger partial charge < -0.3 is 19.7 Å². The number of carboxylic acids is 1. The maximum atomic E-state index is 11.3. The highest BCUT2D eigenvalue weighted by Gasteiger charge is 2.28. The molecule has 0 radical (unpaired) electrons. The van der Waals surface area contributed by atoms with Crippen molar-refractivity contribution >= 4 is 5.97 Å². The average molecular weight is 454 g/mol. The first-order valence-electron chi connectivity index (χ1n) is 12.1. The number of benzene rings is 2. The first-order valence-corrected chi connectivity index (χ1v) is 12.1. The summed E-state index contributed by atoms with van der Waals surface area (Å²) in [6.45, 7) is 0.325. The molecule has 178 valence electrons. The van der Waals surface area contributed by atoms with Crippen molar-refractivity contribution in [3.8, 4) is 16.9 Å². The van der Waals surface area contributed by atoms with Crippen molar-refractivity contribution < 1.29 is 24.5 Å². The molecule has 0 aromatic heterocycles. The zero-order chi connectivity index (χ0) is 23.2. The Hall–Kier alpha value is -2.41. The van der Waals surface area contributed by atoms with Gasteiger partial charge in [-0.25, -0.2) is 0 Å². The van der Waals surface area contributed by atoms with Crippen molar-refractivity contribution in [1.82, 2.24) is 4.90 Å². The van der Waals surface area contributed by atoms with Crippen LogP contribution in [0.1, 0.15) is 56.9 Å². The van der Waals surface area contributed by atoms with Gasteiger partial charge in [0, 0.05) is 6.04 Å². The van der Waals surface area contributed by atoms with Gasteiger partial charge in [-0.2, -0.15) is 0 Å². The van der Waals surface area contributed by atoms with E-state index >= 15 is 0 Å². The van der Waals surface area contributed by atoms with E-state index in [9.17, 15) is 15.0 Å². The van der Waals surface area contributed by atoms with Gasteiger partial charge in [0.2, 0.25) is 6.41 Å². The Labute approximate surface area is 196 Å². The van der Waals surface area contributed by atoms with Crippen LogP contribution >= 0.6 is 0 Å². The van der Waals surface area contributed by atoms with Gasteiger partial charge in [-0.3, -0.25) is 9.69 Å². The van der Waals surface area contributed by atoms with E-state index in [2.05, 4.69) is 6.07 Å². The molecular formula is C27H35NO5. The van der Waals surface area contributed by atoms with Crippen molar-refractivity contribution in [2.24, 2.45) is 5.92 Å². The van der Waals surface area contributed by atoms with E-state index in [-0.39, 0.29) is 12.0 Å². The molecule has 3 atom stereocenters. The van der Waals surface area contributed by atoms with E-state index in [0.29, 0.717) is 19.1 Å². The lowest BCUT2D eigenvalue weighted by molar-refractivity contribution is -0.202. The lowest BCUT2D eigenvalue weighted by atomic mass is 9.87. The molecule has 0 bridgehead atoms. The average Bonchev–Trinajstić information content (AvgIpc) is 3.38. The highest BCUT2D eigenvalue weighted by molar-refractivity contribution is 5.70. The third-order valence-corrected chi connectivity index (χ3v) is 7.10. The molecule has 33 heavy (non-hydrogen) atoms. The molecule has 0 spiro atoms. The molecule has 0 amide bonds. The Morgan fingerprint density at radius 3 is 2.48 bits per heavy atom. The number of aliphatic hydroxyl groups excluding tert-OH is 1. The molecule has 2 aliphatic carbocycles. The molecule has 1 unspecified atom stereocenters. The Balaban J connectivity index is 1.37. The highest BCUT2D eigenvalue weighted by Crippen LogP contribution is 2.31. The number of ether oxygens (including phenoxy) is 2. The Morgan fingerprint density at radius 1 is 1.03 bits per heavy atom. The summed E-state index contributed by atoms with van der Waals surface area (Å²) in [5.41, 5.74) is 3.12. The van der Waals surface area contributed by atoms with Crippen molar-refractivity contribution in [2.45, 2.75) is 76.5 Å². The van der Waals surface area contributed by atoms with Crippen LogP contribution in [0.5, 0.6) is 5.75 Å². The molecule has 6 heteroatoms. The summed E-state index contributed by atoms with van der Waals surface area (Å²) in [5, 5.41) is 19.8. The number of rotatable bonds is 9. The van der Waals surface area contributed by atoms with E-state index in [1.807, 2.05) is 54.4 Å². The fourth-order valence-corrected chi connectivity index (χ4v) is 5.08. The van der Waals surface area contributed by atoms with Crippen LogP contribution in [0.2, 0.25) is 0 Å². The molecule has 6 nitrogen and oxygen atoms in total. The van der Waals surface area contributed by atoms with Gasteiger partial charge in [0.15, 0.2) is 0 Å². The van der Waals surface area contributed by atoms with Crippen LogP contribution in [0.15, 0.2) is 48.5 Å². The second kappa shape index (κ2) is 11.1. The van der Waals surface area contributed by atoms with Crippen LogP contribution in [0.25, 0.3) is 11.1 Å². The third kappa shape index (κ3) is 6.14. The van der Waals surface area contributed by atoms with E-state index in [4.69, 9.17) is 9.47 Å².